The van der Waals surface area contributed by atoms with Crippen LogP contribution in [0.4, 0.5) is 10.1 Å². The Kier molecular flexibility index (Phi) is 4.24. The van der Waals surface area contributed by atoms with Crippen LogP contribution in [0.1, 0.15) is 18.4 Å². The van der Waals surface area contributed by atoms with Crippen molar-refractivity contribution < 1.29 is 14.0 Å². The summed E-state index contributed by atoms with van der Waals surface area (Å²) in [6.07, 6.45) is 1.93. The Balaban J connectivity index is 1.86. The molecule has 0 atom stereocenters. The molecule has 0 aromatic heterocycles. The van der Waals surface area contributed by atoms with Crippen molar-refractivity contribution in [1.82, 2.24) is 4.90 Å². The van der Waals surface area contributed by atoms with Crippen LogP contribution < -0.4 is 4.90 Å². The fourth-order valence-corrected chi connectivity index (χ4v) is 3.70. The summed E-state index contributed by atoms with van der Waals surface area (Å²) in [6.45, 7) is 1.44. The zero-order valence-electron chi connectivity index (χ0n) is 13.9. The Morgan fingerprint density at radius 2 is 1.54 bits per heavy atom. The first-order chi connectivity index (χ1) is 12.6. The molecule has 2 aliphatic rings. The number of para-hydroxylation sites is 1. The van der Waals surface area contributed by atoms with Gasteiger partial charge in [0.1, 0.15) is 11.5 Å². The van der Waals surface area contributed by atoms with E-state index in [1.807, 2.05) is 4.90 Å². The predicted octanol–water partition coefficient (Wildman–Crippen LogP) is 3.86. The number of carbonyl (C=O) groups excluding carboxylic acids is 2. The largest absolute Gasteiger partial charge is 0.366 e. The van der Waals surface area contributed by atoms with E-state index in [0.717, 1.165) is 30.8 Å². The van der Waals surface area contributed by atoms with Crippen LogP contribution in [0.15, 0.2) is 54.2 Å². The lowest BCUT2D eigenvalue weighted by Crippen LogP contribution is -2.34. The fourth-order valence-electron chi connectivity index (χ4n) is 3.48. The summed E-state index contributed by atoms with van der Waals surface area (Å²) in [6, 6.07) is 12.4. The Morgan fingerprint density at radius 1 is 0.885 bits per heavy atom. The number of likely N-dealkylation sites (tertiary alicyclic amines) is 1. The van der Waals surface area contributed by atoms with E-state index in [2.05, 4.69) is 0 Å². The molecule has 0 radical (unpaired) electrons. The molecular formula is C20H16ClFN2O2. The van der Waals surface area contributed by atoms with Crippen LogP contribution in [0.25, 0.3) is 5.57 Å². The van der Waals surface area contributed by atoms with Gasteiger partial charge >= 0.3 is 0 Å². The van der Waals surface area contributed by atoms with Crippen LogP contribution in [-0.2, 0) is 9.59 Å². The molecule has 2 aromatic carbocycles. The SMILES string of the molecule is O=C1C(c2ccc(F)cc2)=C(N2CCCC2)C(=O)N1c1ccccc1Cl. The molecule has 1 fully saturated rings. The molecule has 0 N–H and O–H groups in total. The Labute approximate surface area is 155 Å². The highest BCUT2D eigenvalue weighted by atomic mass is 35.5. The number of rotatable bonds is 3. The van der Waals surface area contributed by atoms with Crippen molar-refractivity contribution in [2.75, 3.05) is 18.0 Å². The zero-order valence-corrected chi connectivity index (χ0v) is 14.7. The van der Waals surface area contributed by atoms with Crippen LogP contribution in [0.2, 0.25) is 5.02 Å². The van der Waals surface area contributed by atoms with Crippen molar-refractivity contribution in [2.24, 2.45) is 0 Å². The van der Waals surface area contributed by atoms with Crippen LogP contribution in [-0.4, -0.2) is 29.8 Å². The van der Waals surface area contributed by atoms with Crippen LogP contribution in [0, 0.1) is 5.82 Å². The predicted molar refractivity (Wildman–Crippen MR) is 98.1 cm³/mol. The lowest BCUT2D eigenvalue weighted by Gasteiger charge is -2.20. The van der Waals surface area contributed by atoms with Gasteiger partial charge in [0.05, 0.1) is 16.3 Å². The standard InChI is InChI=1S/C20H16ClFN2O2/c21-15-5-1-2-6-16(15)24-19(25)17(13-7-9-14(22)10-8-13)18(20(24)26)23-11-3-4-12-23/h1-2,5-10H,3-4,11-12H2. The van der Waals surface area contributed by atoms with Gasteiger partial charge in [-0.1, -0.05) is 35.9 Å². The Hall–Kier alpha value is -2.66. The lowest BCUT2D eigenvalue weighted by atomic mass is 10.0. The van der Waals surface area contributed by atoms with E-state index in [9.17, 15) is 14.0 Å². The second kappa shape index (κ2) is 6.57. The molecule has 6 heteroatoms. The summed E-state index contributed by atoms with van der Waals surface area (Å²) in [5.74, 6) is -1.21. The van der Waals surface area contributed by atoms with Crippen molar-refractivity contribution in [2.45, 2.75) is 12.8 Å². The maximum Gasteiger partial charge on any atom is 0.282 e. The lowest BCUT2D eigenvalue weighted by molar-refractivity contribution is -0.120. The molecular weight excluding hydrogens is 355 g/mol. The van der Waals surface area contributed by atoms with E-state index in [0.29, 0.717) is 27.5 Å². The minimum absolute atomic E-state index is 0.303. The summed E-state index contributed by atoms with van der Waals surface area (Å²) in [5, 5.41) is 0.329. The molecule has 2 amide bonds. The van der Waals surface area contributed by atoms with Crippen molar-refractivity contribution in [3.63, 3.8) is 0 Å². The van der Waals surface area contributed by atoms with E-state index >= 15 is 0 Å². The van der Waals surface area contributed by atoms with Crippen molar-refractivity contribution in [3.8, 4) is 0 Å². The van der Waals surface area contributed by atoms with E-state index in [4.69, 9.17) is 11.6 Å². The maximum atomic E-state index is 13.3. The quantitative estimate of drug-likeness (QED) is 0.770. The summed E-state index contributed by atoms with van der Waals surface area (Å²) >= 11 is 6.23. The minimum atomic E-state index is -0.434. The van der Waals surface area contributed by atoms with E-state index < -0.39 is 11.7 Å². The third-order valence-corrected chi connectivity index (χ3v) is 5.03. The Morgan fingerprint density at radius 3 is 2.19 bits per heavy atom. The number of benzene rings is 2. The molecule has 0 aliphatic carbocycles. The number of carbonyl (C=O) groups is 2. The normalized spacial score (nSPS) is 17.6. The van der Waals surface area contributed by atoms with Gasteiger partial charge in [-0.05, 0) is 42.7 Å². The van der Waals surface area contributed by atoms with Crippen molar-refractivity contribution in [3.05, 3.63) is 70.6 Å². The molecule has 26 heavy (non-hydrogen) atoms. The van der Waals surface area contributed by atoms with E-state index in [1.54, 1.807) is 24.3 Å². The summed E-state index contributed by atoms with van der Waals surface area (Å²) < 4.78 is 13.3. The number of hydrogen-bond acceptors (Lipinski definition) is 3. The first-order valence-corrected chi connectivity index (χ1v) is 8.84. The Bertz CT molecular complexity index is 918. The third kappa shape index (κ3) is 2.69. The molecule has 0 bridgehead atoms. The van der Waals surface area contributed by atoms with Gasteiger partial charge in [0.15, 0.2) is 0 Å². The topological polar surface area (TPSA) is 40.6 Å². The molecule has 0 spiro atoms. The molecule has 2 aliphatic heterocycles. The number of nitrogens with zero attached hydrogens (tertiary/aromatic N) is 2. The number of anilines is 1. The number of hydrogen-bond donors (Lipinski definition) is 0. The monoisotopic (exact) mass is 370 g/mol. The molecule has 0 unspecified atom stereocenters. The van der Waals surface area contributed by atoms with Crippen LogP contribution in [0.5, 0.6) is 0 Å². The van der Waals surface area contributed by atoms with Crippen LogP contribution >= 0.6 is 11.6 Å². The summed E-state index contributed by atoms with van der Waals surface area (Å²) in [4.78, 5) is 29.4. The smallest absolute Gasteiger partial charge is 0.282 e. The average Bonchev–Trinajstić information content (AvgIpc) is 3.23. The van der Waals surface area contributed by atoms with Gasteiger partial charge in [-0.15, -0.1) is 0 Å². The first kappa shape index (κ1) is 16.8. The van der Waals surface area contributed by atoms with Gasteiger partial charge in [-0.3, -0.25) is 9.59 Å². The van der Waals surface area contributed by atoms with Gasteiger partial charge in [0.2, 0.25) is 0 Å². The summed E-state index contributed by atoms with van der Waals surface area (Å²) in [7, 11) is 0. The molecule has 132 valence electrons. The third-order valence-electron chi connectivity index (χ3n) is 4.71. The van der Waals surface area contributed by atoms with Crippen molar-refractivity contribution in [1.29, 1.82) is 0 Å². The second-order valence-electron chi connectivity index (χ2n) is 6.32. The number of amides is 2. The highest BCUT2D eigenvalue weighted by molar-refractivity contribution is 6.47. The maximum absolute atomic E-state index is 13.3. The summed E-state index contributed by atoms with van der Waals surface area (Å²) in [5.41, 5.74) is 1.56. The highest BCUT2D eigenvalue weighted by Gasteiger charge is 2.43. The molecule has 1 saturated heterocycles. The van der Waals surface area contributed by atoms with Crippen molar-refractivity contribution >= 4 is 34.7 Å². The van der Waals surface area contributed by atoms with Gasteiger partial charge in [0, 0.05) is 13.1 Å². The van der Waals surface area contributed by atoms with E-state index in [-0.39, 0.29) is 5.91 Å². The number of imide groups is 1. The second-order valence-corrected chi connectivity index (χ2v) is 6.73. The first-order valence-electron chi connectivity index (χ1n) is 8.46. The van der Waals surface area contributed by atoms with Gasteiger partial charge in [-0.25, -0.2) is 9.29 Å². The van der Waals surface area contributed by atoms with E-state index in [1.165, 1.54) is 24.3 Å². The average molecular weight is 371 g/mol. The minimum Gasteiger partial charge on any atom is -0.366 e. The molecule has 4 rings (SSSR count). The highest BCUT2D eigenvalue weighted by Crippen LogP contribution is 2.38. The zero-order chi connectivity index (χ0) is 18.3. The molecule has 0 saturated carbocycles. The number of halogens is 2. The van der Waals surface area contributed by atoms with Gasteiger partial charge in [-0.2, -0.15) is 0 Å². The van der Waals surface area contributed by atoms with Crippen LogP contribution in [0.3, 0.4) is 0 Å². The fraction of sp³-hybridized carbons (Fsp3) is 0.200. The molecule has 2 aromatic rings. The molecule has 4 nitrogen and oxygen atoms in total. The van der Waals surface area contributed by atoms with Gasteiger partial charge < -0.3 is 4.90 Å². The molecule has 2 heterocycles. The van der Waals surface area contributed by atoms with Gasteiger partial charge in [0.25, 0.3) is 11.8 Å².